The first-order chi connectivity index (χ1) is 22.4. The van der Waals surface area contributed by atoms with E-state index in [1.807, 2.05) is 36.4 Å². The second kappa shape index (κ2) is 15.4. The quantitative estimate of drug-likeness (QED) is 0.123. The lowest BCUT2D eigenvalue weighted by Gasteiger charge is -2.31. The fourth-order valence-corrected chi connectivity index (χ4v) is 5.92. The Balaban J connectivity index is 1.51. The molecule has 0 aliphatic heterocycles. The van der Waals surface area contributed by atoms with Gasteiger partial charge in [0.15, 0.2) is 0 Å². The number of aromatic nitrogens is 2. The summed E-state index contributed by atoms with van der Waals surface area (Å²) in [6, 6.07) is 8.61. The van der Waals surface area contributed by atoms with Crippen LogP contribution < -0.4 is 15.8 Å². The third kappa shape index (κ3) is 8.32. The molecule has 1 aromatic heterocycles. The minimum Gasteiger partial charge on any atom is -0.481 e. The van der Waals surface area contributed by atoms with Gasteiger partial charge in [0, 0.05) is 32.1 Å². The second-order valence-corrected chi connectivity index (χ2v) is 11.4. The highest BCUT2D eigenvalue weighted by molar-refractivity contribution is 5.87. The predicted octanol–water partition coefficient (Wildman–Crippen LogP) is 1.64. The SMILES string of the molecule is C#CCN(c1ccc(CN[C@@H](CCC(=O)O)C(=O)N(C)[C@@H](CCC(=O)O)C(=O)O)cc1)[C@H]1CCc2cc3nc(CO)[nH]c(=O)c3cc21. The van der Waals surface area contributed by atoms with Crippen LogP contribution in [0.3, 0.4) is 0 Å². The maximum atomic E-state index is 13.3. The van der Waals surface area contributed by atoms with E-state index < -0.39 is 42.3 Å². The largest absolute Gasteiger partial charge is 0.481 e. The molecule has 0 bridgehead atoms. The van der Waals surface area contributed by atoms with Crippen molar-refractivity contribution in [1.29, 1.82) is 0 Å². The van der Waals surface area contributed by atoms with Gasteiger partial charge in [0.1, 0.15) is 18.5 Å². The Hall–Kier alpha value is -5.26. The van der Waals surface area contributed by atoms with Crippen molar-refractivity contribution in [2.45, 2.75) is 69.8 Å². The van der Waals surface area contributed by atoms with Crippen LogP contribution in [0.2, 0.25) is 0 Å². The Kier molecular flexibility index (Phi) is 11.3. The van der Waals surface area contributed by atoms with Crippen molar-refractivity contribution in [3.8, 4) is 12.3 Å². The molecule has 0 spiro atoms. The van der Waals surface area contributed by atoms with Crippen LogP contribution in [0.25, 0.3) is 10.9 Å². The summed E-state index contributed by atoms with van der Waals surface area (Å²) in [7, 11) is 1.26. The van der Waals surface area contributed by atoms with Gasteiger partial charge in [0.25, 0.3) is 5.56 Å². The Labute approximate surface area is 270 Å². The number of aryl methyl sites for hydroxylation is 1. The molecule has 1 heterocycles. The number of aliphatic carboxylic acids is 3. The van der Waals surface area contributed by atoms with Crippen molar-refractivity contribution in [3.63, 3.8) is 0 Å². The number of likely N-dealkylation sites (N-methyl/N-ethyl adjacent to an activating group) is 1. The molecule has 0 radical (unpaired) electrons. The average Bonchev–Trinajstić information content (AvgIpc) is 3.44. The number of carbonyl (C=O) groups excluding carboxylic acids is 1. The lowest BCUT2D eigenvalue weighted by molar-refractivity contribution is -0.151. The molecular formula is C33H37N5O9. The van der Waals surface area contributed by atoms with Crippen LogP contribution in [0.4, 0.5) is 5.69 Å². The summed E-state index contributed by atoms with van der Waals surface area (Å²) in [5, 5.41) is 40.7. The lowest BCUT2D eigenvalue weighted by Crippen LogP contribution is -2.51. The number of carbonyl (C=O) groups is 4. The molecule has 3 aromatic rings. The van der Waals surface area contributed by atoms with Crippen LogP contribution in [-0.2, 0) is 38.8 Å². The van der Waals surface area contributed by atoms with E-state index in [-0.39, 0.29) is 49.8 Å². The molecular weight excluding hydrogens is 610 g/mol. The molecule has 14 heteroatoms. The molecule has 0 saturated heterocycles. The van der Waals surface area contributed by atoms with Crippen molar-refractivity contribution < 1.29 is 39.6 Å². The number of aromatic amines is 1. The third-order valence-electron chi connectivity index (χ3n) is 8.35. The summed E-state index contributed by atoms with van der Waals surface area (Å²) in [5.74, 6) is -1.42. The molecule has 47 heavy (non-hydrogen) atoms. The fraction of sp³-hybridized carbons (Fsp3) is 0.394. The number of fused-ring (bicyclic) bond motifs is 2. The number of H-pyrrole nitrogens is 1. The number of nitrogens with one attached hydrogen (secondary N) is 2. The number of amides is 1. The van der Waals surface area contributed by atoms with Crippen LogP contribution in [0.1, 0.15) is 60.7 Å². The molecule has 1 aliphatic rings. The highest BCUT2D eigenvalue weighted by atomic mass is 16.4. The standard InChI is InChI=1S/C33H37N5O9/c1-3-14-38(26-10-6-20-15-25-23(16-22(20)26)31(44)36-28(18-39)35-25)21-7-4-19(5-8-21)17-34-24(9-12-29(40)41)32(45)37(2)27(33(46)47)11-13-30(42)43/h1,4-5,7-8,15-16,24,26-27,34,39H,6,9-14,17-18H2,2H3,(H,40,41)(H,42,43)(H,46,47)(H,35,36,44)/t24-,26-,27-/m0/s1. The van der Waals surface area contributed by atoms with E-state index in [4.69, 9.17) is 11.5 Å². The Morgan fingerprint density at radius 2 is 1.77 bits per heavy atom. The maximum Gasteiger partial charge on any atom is 0.326 e. The number of hydrogen-bond donors (Lipinski definition) is 6. The van der Waals surface area contributed by atoms with Gasteiger partial charge in [-0.05, 0) is 66.6 Å². The van der Waals surface area contributed by atoms with Gasteiger partial charge in [-0.1, -0.05) is 18.1 Å². The minimum atomic E-state index is -1.39. The lowest BCUT2D eigenvalue weighted by atomic mass is 10.0. The van der Waals surface area contributed by atoms with Crippen molar-refractivity contribution in [3.05, 3.63) is 69.3 Å². The summed E-state index contributed by atoms with van der Waals surface area (Å²) < 4.78 is 0. The number of anilines is 1. The highest BCUT2D eigenvalue weighted by Gasteiger charge is 2.32. The summed E-state index contributed by atoms with van der Waals surface area (Å²) >= 11 is 0. The van der Waals surface area contributed by atoms with Gasteiger partial charge >= 0.3 is 17.9 Å². The predicted molar refractivity (Wildman–Crippen MR) is 171 cm³/mol. The van der Waals surface area contributed by atoms with Crippen molar-refractivity contribution in [1.82, 2.24) is 20.2 Å². The van der Waals surface area contributed by atoms with Gasteiger partial charge in [-0.3, -0.25) is 19.2 Å². The zero-order chi connectivity index (χ0) is 34.2. The first-order valence-corrected chi connectivity index (χ1v) is 15.1. The molecule has 0 saturated carbocycles. The summed E-state index contributed by atoms with van der Waals surface area (Å²) in [6.45, 7) is 0.0843. The van der Waals surface area contributed by atoms with E-state index in [1.54, 1.807) is 0 Å². The Bertz CT molecular complexity index is 1750. The highest BCUT2D eigenvalue weighted by Crippen LogP contribution is 2.39. The van der Waals surface area contributed by atoms with Crippen LogP contribution in [0.15, 0.2) is 41.2 Å². The first kappa shape index (κ1) is 34.6. The van der Waals surface area contributed by atoms with E-state index in [1.165, 1.54) is 7.05 Å². The molecule has 0 unspecified atom stereocenters. The van der Waals surface area contributed by atoms with Crippen LogP contribution in [0.5, 0.6) is 0 Å². The minimum absolute atomic E-state index is 0.104. The fourth-order valence-electron chi connectivity index (χ4n) is 5.92. The van der Waals surface area contributed by atoms with E-state index in [2.05, 4.69) is 26.1 Å². The van der Waals surface area contributed by atoms with Crippen molar-refractivity contribution in [2.24, 2.45) is 0 Å². The average molecular weight is 648 g/mol. The monoisotopic (exact) mass is 647 g/mol. The summed E-state index contributed by atoms with van der Waals surface area (Å²) in [6.07, 6.45) is 6.07. The molecule has 0 fully saturated rings. The number of benzene rings is 2. The number of carboxylic acids is 3. The smallest absolute Gasteiger partial charge is 0.326 e. The van der Waals surface area contributed by atoms with Gasteiger partial charge < -0.3 is 40.5 Å². The molecule has 14 nitrogen and oxygen atoms in total. The van der Waals surface area contributed by atoms with E-state index >= 15 is 0 Å². The maximum absolute atomic E-state index is 13.3. The second-order valence-electron chi connectivity index (χ2n) is 11.4. The molecule has 248 valence electrons. The van der Waals surface area contributed by atoms with Crippen LogP contribution in [-0.4, -0.2) is 84.8 Å². The molecule has 4 rings (SSSR count). The van der Waals surface area contributed by atoms with Gasteiger partial charge in [0.05, 0.1) is 29.5 Å². The molecule has 2 aromatic carbocycles. The number of carboxylic acid groups (broad SMARTS) is 3. The zero-order valence-corrected chi connectivity index (χ0v) is 25.8. The number of aliphatic hydroxyl groups excluding tert-OH is 1. The Morgan fingerprint density at radius 1 is 1.09 bits per heavy atom. The Morgan fingerprint density at radius 3 is 2.38 bits per heavy atom. The van der Waals surface area contributed by atoms with Gasteiger partial charge in [-0.2, -0.15) is 0 Å². The van der Waals surface area contributed by atoms with Crippen molar-refractivity contribution in [2.75, 3.05) is 18.5 Å². The zero-order valence-electron chi connectivity index (χ0n) is 25.8. The summed E-state index contributed by atoms with van der Waals surface area (Å²) in [4.78, 5) is 70.0. The topological polar surface area (TPSA) is 213 Å². The van der Waals surface area contributed by atoms with Gasteiger partial charge in [-0.15, -0.1) is 6.42 Å². The number of nitrogens with zero attached hydrogens (tertiary/aromatic N) is 3. The number of hydrogen-bond acceptors (Lipinski definition) is 9. The first-order valence-electron chi connectivity index (χ1n) is 15.1. The van der Waals surface area contributed by atoms with Crippen LogP contribution >= 0.6 is 0 Å². The third-order valence-corrected chi connectivity index (χ3v) is 8.35. The molecule has 3 atom stereocenters. The van der Waals surface area contributed by atoms with E-state index in [9.17, 15) is 39.3 Å². The normalized spacial score (nSPS) is 15.0. The van der Waals surface area contributed by atoms with Gasteiger partial charge in [-0.25, -0.2) is 9.78 Å². The number of rotatable bonds is 16. The molecule has 1 aliphatic carbocycles. The number of aliphatic hydroxyl groups is 1. The number of terminal acetylenes is 1. The van der Waals surface area contributed by atoms with Crippen molar-refractivity contribution >= 4 is 40.4 Å². The van der Waals surface area contributed by atoms with E-state index in [0.29, 0.717) is 17.4 Å². The molecule has 1 amide bonds. The summed E-state index contributed by atoms with van der Waals surface area (Å²) in [5.41, 5.74) is 3.78. The van der Waals surface area contributed by atoms with Gasteiger partial charge in [0.2, 0.25) is 5.91 Å². The van der Waals surface area contributed by atoms with E-state index in [0.717, 1.165) is 40.1 Å². The molecule has 6 N–H and O–H groups in total. The van der Waals surface area contributed by atoms with Crippen LogP contribution in [0, 0.1) is 12.3 Å².